The van der Waals surface area contributed by atoms with Crippen molar-refractivity contribution in [3.8, 4) is 5.75 Å². The van der Waals surface area contributed by atoms with E-state index in [2.05, 4.69) is 16.7 Å². The van der Waals surface area contributed by atoms with Crippen LogP contribution in [0.15, 0.2) is 28.7 Å². The number of phenolic OH excluding ortho intramolecular Hbond substituents is 1. The Hall–Kier alpha value is -2.51. The number of carboxylic acid groups (broad SMARTS) is 1. The number of aliphatic carboxylic acids is 1. The second-order valence-electron chi connectivity index (χ2n) is 7.72. The number of sulfonamides is 1. The summed E-state index contributed by atoms with van der Waals surface area (Å²) in [6.07, 6.45) is 1.22. The van der Waals surface area contributed by atoms with Crippen LogP contribution in [0.5, 0.6) is 5.75 Å². The van der Waals surface area contributed by atoms with Crippen molar-refractivity contribution < 1.29 is 41.4 Å². The average molecular weight is 528 g/mol. The van der Waals surface area contributed by atoms with Gasteiger partial charge in [-0.2, -0.15) is 17.5 Å². The minimum Gasteiger partial charge on any atom is -0.504 e. The van der Waals surface area contributed by atoms with Crippen LogP contribution in [-0.4, -0.2) is 60.2 Å². The molecule has 9 nitrogen and oxygen atoms in total. The van der Waals surface area contributed by atoms with E-state index in [9.17, 15) is 31.5 Å². The Bertz CT molecular complexity index is 1060. The number of carboxylic acids is 1. The van der Waals surface area contributed by atoms with Crippen molar-refractivity contribution in [3.05, 3.63) is 28.8 Å². The van der Waals surface area contributed by atoms with E-state index in [0.717, 1.165) is 37.7 Å². The van der Waals surface area contributed by atoms with Gasteiger partial charge in [0.25, 0.3) is 0 Å². The molecule has 3 rings (SSSR count). The molecule has 1 aromatic carbocycles. The number of allylic oxidation sites excluding steroid dienone is 1. The number of benzene rings is 1. The zero-order valence-electron chi connectivity index (χ0n) is 18.2. The van der Waals surface area contributed by atoms with Crippen LogP contribution in [0.25, 0.3) is 0 Å². The number of alkyl halides is 3. The summed E-state index contributed by atoms with van der Waals surface area (Å²) in [5, 5.41) is 23.0. The van der Waals surface area contributed by atoms with E-state index in [-0.39, 0.29) is 21.6 Å². The lowest BCUT2D eigenvalue weighted by Crippen LogP contribution is -2.37. The first-order chi connectivity index (χ1) is 15.7. The van der Waals surface area contributed by atoms with E-state index in [1.165, 1.54) is 16.4 Å². The minimum atomic E-state index is -5.08. The summed E-state index contributed by atoms with van der Waals surface area (Å²) in [4.78, 5) is 20.8. The number of piperidine rings is 1. The molecule has 14 heteroatoms. The molecular formula is C20H25ClF3N3O6S. The van der Waals surface area contributed by atoms with Gasteiger partial charge in [-0.1, -0.05) is 29.7 Å². The Morgan fingerprint density at radius 1 is 1.18 bits per heavy atom. The number of halogens is 4. The molecule has 1 aromatic rings. The average Bonchev–Trinajstić information content (AvgIpc) is 3.15. The molecular weight excluding hydrogens is 503 g/mol. The number of hydrogen-bond acceptors (Lipinski definition) is 5. The monoisotopic (exact) mass is 527 g/mol. The summed E-state index contributed by atoms with van der Waals surface area (Å²) in [6.45, 7) is 2.73. The molecule has 190 valence electrons. The molecule has 2 aliphatic rings. The fraction of sp³-hybridized carbons (Fsp3) is 0.500. The van der Waals surface area contributed by atoms with Gasteiger partial charge in [-0.3, -0.25) is 0 Å². The van der Waals surface area contributed by atoms with E-state index < -0.39 is 33.9 Å². The van der Waals surface area contributed by atoms with Crippen LogP contribution < -0.4 is 10.6 Å². The highest BCUT2D eigenvalue weighted by Crippen LogP contribution is 2.39. The summed E-state index contributed by atoms with van der Waals surface area (Å²) in [5.74, 6) is -3.30. The minimum absolute atomic E-state index is 0.00659. The quantitative estimate of drug-likeness (QED) is 0.344. The van der Waals surface area contributed by atoms with Gasteiger partial charge in [0, 0.05) is 13.1 Å². The zero-order chi connectivity index (χ0) is 25.7. The first kappa shape index (κ1) is 27.7. The van der Waals surface area contributed by atoms with Gasteiger partial charge >= 0.3 is 18.2 Å². The maximum Gasteiger partial charge on any atom is 0.490 e. The van der Waals surface area contributed by atoms with Gasteiger partial charge in [0.2, 0.25) is 10.0 Å². The summed E-state index contributed by atoms with van der Waals surface area (Å²) < 4.78 is 58.9. The lowest BCUT2D eigenvalue weighted by Gasteiger charge is -2.27. The van der Waals surface area contributed by atoms with Crippen molar-refractivity contribution in [2.24, 2.45) is 0 Å². The lowest BCUT2D eigenvalue weighted by atomic mass is 10.2. The number of phenols is 1. The van der Waals surface area contributed by atoms with Gasteiger partial charge in [-0.05, 0) is 44.7 Å². The summed E-state index contributed by atoms with van der Waals surface area (Å²) >= 11 is 6.10. The summed E-state index contributed by atoms with van der Waals surface area (Å²) in [7, 11) is -3.94. The fourth-order valence-corrected chi connectivity index (χ4v) is 5.59. The molecule has 1 heterocycles. The van der Waals surface area contributed by atoms with Crippen LogP contribution in [0.1, 0.15) is 39.0 Å². The van der Waals surface area contributed by atoms with Gasteiger partial charge in [-0.25, -0.2) is 18.0 Å². The third kappa shape index (κ3) is 7.00. The molecule has 0 spiro atoms. The second kappa shape index (κ2) is 11.3. The van der Waals surface area contributed by atoms with E-state index in [1.807, 2.05) is 6.92 Å². The Kier molecular flexibility index (Phi) is 9.20. The number of carbonyl (C=O) groups excluding carboxylic acids is 1. The second-order valence-corrected chi connectivity index (χ2v) is 10.00. The number of nitrogens with one attached hydrogen (secondary N) is 2. The molecule has 0 radical (unpaired) electrons. The van der Waals surface area contributed by atoms with Crippen molar-refractivity contribution in [2.45, 2.75) is 56.1 Å². The molecule has 0 bridgehead atoms. The maximum absolute atomic E-state index is 12.9. The predicted molar refractivity (Wildman–Crippen MR) is 118 cm³/mol. The van der Waals surface area contributed by atoms with Crippen molar-refractivity contribution in [3.63, 3.8) is 0 Å². The molecule has 1 saturated heterocycles. The molecule has 2 amide bonds. The Balaban J connectivity index is 0.000000509. The highest BCUT2D eigenvalue weighted by molar-refractivity contribution is 7.89. The topological polar surface area (TPSA) is 136 Å². The van der Waals surface area contributed by atoms with Crippen LogP contribution in [0.4, 0.5) is 23.7 Å². The molecule has 1 aliphatic heterocycles. The summed E-state index contributed by atoms with van der Waals surface area (Å²) in [6, 6.07) is 2.20. The first-order valence-corrected chi connectivity index (χ1v) is 12.1. The third-order valence-electron chi connectivity index (χ3n) is 5.26. The van der Waals surface area contributed by atoms with Crippen molar-refractivity contribution in [1.29, 1.82) is 0 Å². The van der Waals surface area contributed by atoms with Crippen LogP contribution in [-0.2, 0) is 14.8 Å². The van der Waals surface area contributed by atoms with Crippen LogP contribution >= 0.6 is 11.6 Å². The zero-order valence-corrected chi connectivity index (χ0v) is 19.7. The van der Waals surface area contributed by atoms with E-state index in [1.54, 1.807) is 0 Å². The van der Waals surface area contributed by atoms with Gasteiger partial charge in [0.1, 0.15) is 4.90 Å². The van der Waals surface area contributed by atoms with Gasteiger partial charge < -0.3 is 20.8 Å². The number of aromatic hydroxyl groups is 1. The standard InChI is InChI=1S/C18H24ClN3O4S.C2HF3O2/c1-12-6-5-7-14(12)20-18(24)21-15-9-8-13(19)17(16(15)23)27(25,26)22-10-3-2-4-11-22;3-2(4,5)1(6)7/h6,8-9,14,23H,2-5,7,10-11H2,1H3,(H2,20,21,24);(H,6,7)/t14-;/m1./s1. The summed E-state index contributed by atoms with van der Waals surface area (Å²) in [5.41, 5.74) is 1.09. The molecule has 0 aromatic heterocycles. The van der Waals surface area contributed by atoms with Crippen molar-refractivity contribution >= 4 is 39.3 Å². The number of urea groups is 1. The van der Waals surface area contributed by atoms with Crippen molar-refractivity contribution in [2.75, 3.05) is 18.4 Å². The van der Waals surface area contributed by atoms with Crippen LogP contribution in [0.2, 0.25) is 5.02 Å². The van der Waals surface area contributed by atoms with E-state index in [4.69, 9.17) is 21.5 Å². The molecule has 0 unspecified atom stereocenters. The normalized spacial score (nSPS) is 19.0. The highest BCUT2D eigenvalue weighted by Gasteiger charge is 2.38. The third-order valence-corrected chi connectivity index (χ3v) is 7.66. The van der Waals surface area contributed by atoms with Crippen molar-refractivity contribution in [1.82, 2.24) is 9.62 Å². The van der Waals surface area contributed by atoms with Gasteiger partial charge in [0.05, 0.1) is 16.8 Å². The number of carbonyl (C=O) groups is 2. The van der Waals surface area contributed by atoms with E-state index >= 15 is 0 Å². The Morgan fingerprint density at radius 3 is 2.26 bits per heavy atom. The van der Waals surface area contributed by atoms with E-state index in [0.29, 0.717) is 13.1 Å². The predicted octanol–water partition coefficient (Wildman–Crippen LogP) is 4.08. The smallest absolute Gasteiger partial charge is 0.490 e. The number of anilines is 1. The van der Waals surface area contributed by atoms with Crippen LogP contribution in [0, 0.1) is 0 Å². The number of nitrogens with zero attached hydrogens (tertiary/aromatic N) is 1. The maximum atomic E-state index is 12.9. The van der Waals surface area contributed by atoms with Gasteiger partial charge in [0.15, 0.2) is 5.75 Å². The molecule has 1 aliphatic carbocycles. The lowest BCUT2D eigenvalue weighted by molar-refractivity contribution is -0.192. The molecule has 34 heavy (non-hydrogen) atoms. The molecule has 0 saturated carbocycles. The number of rotatable bonds is 4. The Morgan fingerprint density at radius 2 is 1.76 bits per heavy atom. The number of hydrogen-bond donors (Lipinski definition) is 4. The van der Waals surface area contributed by atoms with Gasteiger partial charge in [-0.15, -0.1) is 0 Å². The first-order valence-electron chi connectivity index (χ1n) is 10.3. The molecule has 4 N–H and O–H groups in total. The molecule has 1 fully saturated rings. The van der Waals surface area contributed by atoms with Crippen LogP contribution in [0.3, 0.4) is 0 Å². The Labute approximate surface area is 199 Å². The fourth-order valence-electron chi connectivity index (χ4n) is 3.48. The number of amides is 2. The SMILES string of the molecule is CC1=CCC[C@H]1NC(=O)Nc1ccc(Cl)c(S(=O)(=O)N2CCCCC2)c1O.O=C(O)C(F)(F)F. The largest absolute Gasteiger partial charge is 0.504 e. The molecule has 1 atom stereocenters. The highest BCUT2D eigenvalue weighted by atomic mass is 35.5.